The highest BCUT2D eigenvalue weighted by atomic mass is 32.2. The van der Waals surface area contributed by atoms with Gasteiger partial charge >= 0.3 is 0 Å². The third-order valence-corrected chi connectivity index (χ3v) is 2.29. The zero-order valence-corrected chi connectivity index (χ0v) is 7.56. The number of epoxide rings is 1. The summed E-state index contributed by atoms with van der Waals surface area (Å²) in [7, 11) is -0.675. The standard InChI is InChI=1S/C7H14O3S/c1-11(8)4-2-3-9-5-7-6-10-7/h7H,2-6H2,1H3. The molecule has 0 amide bonds. The van der Waals surface area contributed by atoms with Gasteiger partial charge in [-0.15, -0.1) is 0 Å². The summed E-state index contributed by atoms with van der Waals surface area (Å²) in [6.07, 6.45) is 2.95. The van der Waals surface area contributed by atoms with Crippen molar-refractivity contribution < 1.29 is 13.7 Å². The van der Waals surface area contributed by atoms with Crippen molar-refractivity contribution in [3.63, 3.8) is 0 Å². The molecule has 0 aromatic rings. The molecule has 0 radical (unpaired) electrons. The van der Waals surface area contributed by atoms with Crippen LogP contribution in [0.5, 0.6) is 0 Å². The maximum absolute atomic E-state index is 10.6. The monoisotopic (exact) mass is 178 g/mol. The second-order valence-corrected chi connectivity index (χ2v) is 4.22. The third-order valence-electron chi connectivity index (χ3n) is 1.43. The lowest BCUT2D eigenvalue weighted by Crippen LogP contribution is -2.05. The van der Waals surface area contributed by atoms with E-state index < -0.39 is 10.8 Å². The molecule has 1 rings (SSSR count). The molecule has 0 aliphatic carbocycles. The molecule has 1 heterocycles. The Morgan fingerprint density at radius 2 is 2.45 bits per heavy atom. The van der Waals surface area contributed by atoms with E-state index in [-0.39, 0.29) is 0 Å². The fraction of sp³-hybridized carbons (Fsp3) is 1.00. The van der Waals surface area contributed by atoms with Gasteiger partial charge < -0.3 is 9.47 Å². The minimum absolute atomic E-state index is 0.349. The summed E-state index contributed by atoms with van der Waals surface area (Å²) in [5, 5.41) is 0. The molecule has 1 aliphatic heterocycles. The van der Waals surface area contributed by atoms with Crippen molar-refractivity contribution in [1.29, 1.82) is 0 Å². The smallest absolute Gasteiger partial charge is 0.104 e. The third kappa shape index (κ3) is 5.35. The summed E-state index contributed by atoms with van der Waals surface area (Å²) in [6, 6.07) is 0. The van der Waals surface area contributed by atoms with Crippen LogP contribution in [-0.4, -0.2) is 42.1 Å². The Bertz CT molecular complexity index is 134. The minimum atomic E-state index is -0.675. The van der Waals surface area contributed by atoms with Crippen LogP contribution < -0.4 is 0 Å². The Balaban J connectivity index is 1.76. The molecule has 4 heteroatoms. The minimum Gasteiger partial charge on any atom is -0.379 e. The number of hydrogen-bond acceptors (Lipinski definition) is 3. The molecule has 0 spiro atoms. The fourth-order valence-corrected chi connectivity index (χ4v) is 1.27. The molecule has 11 heavy (non-hydrogen) atoms. The molecule has 0 bridgehead atoms. The van der Waals surface area contributed by atoms with E-state index in [4.69, 9.17) is 9.47 Å². The largest absolute Gasteiger partial charge is 0.379 e. The van der Waals surface area contributed by atoms with Gasteiger partial charge in [-0.05, 0) is 6.42 Å². The van der Waals surface area contributed by atoms with Crippen LogP contribution >= 0.6 is 0 Å². The highest BCUT2D eigenvalue weighted by molar-refractivity contribution is 7.84. The van der Waals surface area contributed by atoms with Gasteiger partial charge in [-0.3, -0.25) is 4.21 Å². The van der Waals surface area contributed by atoms with Crippen LogP contribution in [0.2, 0.25) is 0 Å². The molecule has 0 N–H and O–H groups in total. The molecule has 0 saturated carbocycles. The van der Waals surface area contributed by atoms with Crippen molar-refractivity contribution in [2.24, 2.45) is 0 Å². The first-order valence-electron chi connectivity index (χ1n) is 3.78. The molecule has 2 atom stereocenters. The lowest BCUT2D eigenvalue weighted by Gasteiger charge is -1.99. The molecular formula is C7H14O3S. The van der Waals surface area contributed by atoms with Gasteiger partial charge in [0.15, 0.2) is 0 Å². The Morgan fingerprint density at radius 1 is 1.73 bits per heavy atom. The van der Waals surface area contributed by atoms with Crippen LogP contribution in [-0.2, 0) is 20.3 Å². The second-order valence-electron chi connectivity index (χ2n) is 2.66. The zero-order chi connectivity index (χ0) is 8.10. The van der Waals surface area contributed by atoms with E-state index in [1.165, 1.54) is 0 Å². The van der Waals surface area contributed by atoms with Crippen LogP contribution in [0.1, 0.15) is 6.42 Å². The Morgan fingerprint density at radius 3 is 3.00 bits per heavy atom. The maximum atomic E-state index is 10.6. The highest BCUT2D eigenvalue weighted by Crippen LogP contribution is 2.08. The van der Waals surface area contributed by atoms with Gasteiger partial charge in [-0.25, -0.2) is 0 Å². The van der Waals surface area contributed by atoms with Crippen molar-refractivity contribution in [2.75, 3.05) is 31.8 Å². The van der Waals surface area contributed by atoms with Gasteiger partial charge in [-0.1, -0.05) is 0 Å². The van der Waals surface area contributed by atoms with Crippen molar-refractivity contribution in [2.45, 2.75) is 12.5 Å². The van der Waals surface area contributed by atoms with Gasteiger partial charge in [0.1, 0.15) is 6.10 Å². The SMILES string of the molecule is CS(=O)CCCOCC1CO1. The molecule has 66 valence electrons. The highest BCUT2D eigenvalue weighted by Gasteiger charge is 2.21. The summed E-state index contributed by atoms with van der Waals surface area (Å²) in [5.41, 5.74) is 0. The predicted molar refractivity (Wildman–Crippen MR) is 44.1 cm³/mol. The van der Waals surface area contributed by atoms with Gasteiger partial charge in [-0.2, -0.15) is 0 Å². The fourth-order valence-electron chi connectivity index (χ4n) is 0.743. The van der Waals surface area contributed by atoms with Crippen molar-refractivity contribution in [3.8, 4) is 0 Å². The predicted octanol–water partition coefficient (Wildman–Crippen LogP) is 0.170. The van der Waals surface area contributed by atoms with Crippen LogP contribution in [0.3, 0.4) is 0 Å². The van der Waals surface area contributed by atoms with Gasteiger partial charge in [0.05, 0.1) is 13.2 Å². The van der Waals surface area contributed by atoms with E-state index in [2.05, 4.69) is 0 Å². The molecule has 1 aliphatic rings. The molecule has 3 nitrogen and oxygen atoms in total. The Hall–Kier alpha value is 0.0700. The summed E-state index contributed by atoms with van der Waals surface area (Å²) in [5.74, 6) is 0.742. The van der Waals surface area contributed by atoms with E-state index in [1.54, 1.807) is 6.26 Å². The van der Waals surface area contributed by atoms with E-state index in [1.807, 2.05) is 0 Å². The first-order chi connectivity index (χ1) is 5.29. The number of hydrogen-bond donors (Lipinski definition) is 0. The first-order valence-corrected chi connectivity index (χ1v) is 5.51. The number of ether oxygens (including phenoxy) is 2. The van der Waals surface area contributed by atoms with E-state index in [9.17, 15) is 4.21 Å². The van der Waals surface area contributed by atoms with Gasteiger partial charge in [0, 0.05) is 29.4 Å². The Labute approximate surface area is 69.5 Å². The molecule has 0 aromatic carbocycles. The average molecular weight is 178 g/mol. The van der Waals surface area contributed by atoms with Crippen LogP contribution in [0, 0.1) is 0 Å². The summed E-state index contributed by atoms with van der Waals surface area (Å²) in [6.45, 7) is 2.26. The lowest BCUT2D eigenvalue weighted by molar-refractivity contribution is 0.117. The summed E-state index contributed by atoms with van der Waals surface area (Å²) >= 11 is 0. The molecule has 1 fully saturated rings. The lowest BCUT2D eigenvalue weighted by atomic mass is 10.5. The van der Waals surface area contributed by atoms with Crippen LogP contribution in [0.4, 0.5) is 0 Å². The van der Waals surface area contributed by atoms with Crippen LogP contribution in [0.15, 0.2) is 0 Å². The van der Waals surface area contributed by atoms with Gasteiger partial charge in [0.25, 0.3) is 0 Å². The number of rotatable bonds is 6. The molecule has 0 aromatic heterocycles. The second kappa shape index (κ2) is 4.85. The molecule has 2 unspecified atom stereocenters. The van der Waals surface area contributed by atoms with Crippen molar-refractivity contribution >= 4 is 10.8 Å². The molecule has 1 saturated heterocycles. The Kier molecular flexibility index (Phi) is 4.04. The van der Waals surface area contributed by atoms with E-state index in [0.717, 1.165) is 18.8 Å². The van der Waals surface area contributed by atoms with Crippen molar-refractivity contribution in [1.82, 2.24) is 0 Å². The van der Waals surface area contributed by atoms with E-state index in [0.29, 0.717) is 19.3 Å². The topological polar surface area (TPSA) is 38.8 Å². The first kappa shape index (κ1) is 9.16. The van der Waals surface area contributed by atoms with Crippen molar-refractivity contribution in [3.05, 3.63) is 0 Å². The normalized spacial score (nSPS) is 25.0. The summed E-state index contributed by atoms with van der Waals surface area (Å²) in [4.78, 5) is 0. The zero-order valence-electron chi connectivity index (χ0n) is 6.75. The van der Waals surface area contributed by atoms with E-state index >= 15 is 0 Å². The quantitative estimate of drug-likeness (QED) is 0.430. The maximum Gasteiger partial charge on any atom is 0.104 e. The summed E-state index contributed by atoms with van der Waals surface area (Å²) < 4.78 is 20.8. The average Bonchev–Trinajstić information content (AvgIpc) is 2.70. The van der Waals surface area contributed by atoms with Crippen LogP contribution in [0.25, 0.3) is 0 Å². The van der Waals surface area contributed by atoms with Gasteiger partial charge in [0.2, 0.25) is 0 Å². The molecular weight excluding hydrogens is 164 g/mol.